The topological polar surface area (TPSA) is 95.2 Å². The number of benzene rings is 1. The van der Waals surface area contributed by atoms with Gasteiger partial charge in [0.1, 0.15) is 0 Å². The molecule has 114 valence electrons. The molecule has 0 aliphatic rings. The molecule has 0 aromatic heterocycles. The third-order valence-corrected chi connectivity index (χ3v) is 4.94. The van der Waals surface area contributed by atoms with E-state index in [0.717, 1.165) is 5.56 Å². The van der Waals surface area contributed by atoms with E-state index in [1.807, 2.05) is 0 Å². The summed E-state index contributed by atoms with van der Waals surface area (Å²) < 4.78 is 24.3. The van der Waals surface area contributed by atoms with Gasteiger partial charge in [0.2, 0.25) is 0 Å². The summed E-state index contributed by atoms with van der Waals surface area (Å²) in [6, 6.07) is 8.33. The summed E-state index contributed by atoms with van der Waals surface area (Å²) in [7, 11) is -3.42. The predicted octanol–water partition coefficient (Wildman–Crippen LogP) is 2.42. The zero-order chi connectivity index (χ0) is 16.1. The fraction of sp³-hybridized carbons (Fsp3) is 0.467. The highest BCUT2D eigenvalue weighted by atomic mass is 32.2. The lowest BCUT2D eigenvalue weighted by molar-refractivity contribution is -0.136. The summed E-state index contributed by atoms with van der Waals surface area (Å²) in [5.41, 5.74) is 0.114. The van der Waals surface area contributed by atoms with E-state index in [2.05, 4.69) is 6.07 Å². The van der Waals surface area contributed by atoms with Gasteiger partial charge in [-0.05, 0) is 44.4 Å². The van der Waals surface area contributed by atoms with Gasteiger partial charge in [0.15, 0.2) is 9.84 Å². The Bertz CT molecular complexity index is 639. The Labute approximate surface area is 125 Å². The number of carboxylic acid groups (broad SMARTS) is 1. The van der Waals surface area contributed by atoms with Crippen molar-refractivity contribution < 1.29 is 18.3 Å². The Kier molecular flexibility index (Phi) is 5.50. The molecule has 0 fully saturated rings. The molecule has 5 nitrogen and oxygen atoms in total. The molecule has 0 aliphatic carbocycles. The van der Waals surface area contributed by atoms with E-state index in [0.29, 0.717) is 6.42 Å². The van der Waals surface area contributed by atoms with E-state index in [9.17, 15) is 13.2 Å². The molecule has 0 radical (unpaired) electrons. The molecule has 6 heteroatoms. The molecular formula is C15H19NO4S. The smallest absolute Gasteiger partial charge is 0.303 e. The standard InChI is InChI=1S/C15H19NO4S/c1-15(2,11-16)9-10-21(19,20)13-6-3-12(4-7-13)5-8-14(17)18/h3-4,6-7H,5,8-10H2,1-2H3,(H,17,18). The Morgan fingerprint density at radius 2 is 1.86 bits per heavy atom. The fourth-order valence-electron chi connectivity index (χ4n) is 1.68. The van der Waals surface area contributed by atoms with Gasteiger partial charge in [0.25, 0.3) is 0 Å². The van der Waals surface area contributed by atoms with Crippen LogP contribution in [0.1, 0.15) is 32.3 Å². The fourth-order valence-corrected chi connectivity index (χ4v) is 3.24. The van der Waals surface area contributed by atoms with Crippen molar-refractivity contribution >= 4 is 15.8 Å². The summed E-state index contributed by atoms with van der Waals surface area (Å²) in [6.45, 7) is 3.41. The number of sulfone groups is 1. The van der Waals surface area contributed by atoms with Crippen LogP contribution in [-0.2, 0) is 21.1 Å². The van der Waals surface area contributed by atoms with Crippen molar-refractivity contribution in [2.45, 2.75) is 38.0 Å². The maximum Gasteiger partial charge on any atom is 0.303 e. The minimum atomic E-state index is -3.42. The van der Waals surface area contributed by atoms with Crippen LogP contribution in [0, 0.1) is 16.7 Å². The van der Waals surface area contributed by atoms with Crippen LogP contribution in [-0.4, -0.2) is 25.2 Å². The van der Waals surface area contributed by atoms with Crippen molar-refractivity contribution in [1.29, 1.82) is 5.26 Å². The third kappa shape index (κ3) is 5.56. The normalized spacial score (nSPS) is 11.9. The van der Waals surface area contributed by atoms with E-state index in [1.54, 1.807) is 26.0 Å². The molecule has 0 unspecified atom stereocenters. The number of aryl methyl sites for hydroxylation is 1. The summed E-state index contributed by atoms with van der Waals surface area (Å²) in [6.07, 6.45) is 0.659. The van der Waals surface area contributed by atoms with Crippen molar-refractivity contribution in [3.8, 4) is 6.07 Å². The first-order valence-electron chi connectivity index (χ1n) is 6.61. The molecule has 1 rings (SSSR count). The lowest BCUT2D eigenvalue weighted by atomic mass is 9.93. The van der Waals surface area contributed by atoms with Gasteiger partial charge < -0.3 is 5.11 Å². The highest BCUT2D eigenvalue weighted by Crippen LogP contribution is 2.22. The average Bonchev–Trinajstić information content (AvgIpc) is 2.44. The molecule has 1 N–H and O–H groups in total. The molecule has 0 saturated heterocycles. The Morgan fingerprint density at radius 1 is 1.29 bits per heavy atom. The molecule has 0 spiro atoms. The summed E-state index contributed by atoms with van der Waals surface area (Å²) in [4.78, 5) is 10.7. The van der Waals surface area contributed by atoms with Crippen LogP contribution in [0.25, 0.3) is 0 Å². The van der Waals surface area contributed by atoms with Crippen LogP contribution in [0.2, 0.25) is 0 Å². The zero-order valence-corrected chi connectivity index (χ0v) is 13.0. The Balaban J connectivity index is 2.76. The van der Waals surface area contributed by atoms with Gasteiger partial charge in [-0.25, -0.2) is 8.42 Å². The molecule has 1 aromatic rings. The number of rotatable bonds is 7. The van der Waals surface area contributed by atoms with Crippen LogP contribution in [0.4, 0.5) is 0 Å². The van der Waals surface area contributed by atoms with Crippen LogP contribution in [0.3, 0.4) is 0 Å². The number of hydrogen-bond donors (Lipinski definition) is 1. The van der Waals surface area contributed by atoms with Crippen molar-refractivity contribution in [3.63, 3.8) is 0 Å². The maximum absolute atomic E-state index is 12.2. The van der Waals surface area contributed by atoms with Gasteiger partial charge in [-0.3, -0.25) is 4.79 Å². The summed E-state index contributed by atoms with van der Waals surface area (Å²) in [5, 5.41) is 17.5. The number of carboxylic acids is 1. The molecule has 0 saturated carbocycles. The molecular weight excluding hydrogens is 290 g/mol. The highest BCUT2D eigenvalue weighted by molar-refractivity contribution is 7.91. The van der Waals surface area contributed by atoms with Gasteiger partial charge in [-0.2, -0.15) is 5.26 Å². The average molecular weight is 309 g/mol. The Morgan fingerprint density at radius 3 is 2.33 bits per heavy atom. The molecule has 0 amide bonds. The van der Waals surface area contributed by atoms with Crippen LogP contribution < -0.4 is 0 Å². The second-order valence-corrected chi connectivity index (χ2v) is 7.71. The molecule has 0 aliphatic heterocycles. The van der Waals surface area contributed by atoms with Crippen molar-refractivity contribution in [3.05, 3.63) is 29.8 Å². The van der Waals surface area contributed by atoms with Crippen molar-refractivity contribution in [2.75, 3.05) is 5.75 Å². The minimum absolute atomic E-state index is 0.0163. The van der Waals surface area contributed by atoms with E-state index < -0.39 is 21.2 Å². The van der Waals surface area contributed by atoms with Crippen molar-refractivity contribution in [1.82, 2.24) is 0 Å². The summed E-state index contributed by atoms with van der Waals surface area (Å²) in [5.74, 6) is -0.965. The maximum atomic E-state index is 12.2. The van der Waals surface area contributed by atoms with E-state index in [-0.39, 0.29) is 23.5 Å². The van der Waals surface area contributed by atoms with Crippen LogP contribution >= 0.6 is 0 Å². The van der Waals surface area contributed by atoms with Gasteiger partial charge >= 0.3 is 5.97 Å². The first kappa shape index (κ1) is 17.2. The SMILES string of the molecule is CC(C)(C#N)CCS(=O)(=O)c1ccc(CCC(=O)O)cc1. The first-order valence-corrected chi connectivity index (χ1v) is 8.26. The second kappa shape index (κ2) is 6.72. The van der Waals surface area contributed by atoms with E-state index >= 15 is 0 Å². The number of hydrogen-bond acceptors (Lipinski definition) is 4. The van der Waals surface area contributed by atoms with Gasteiger partial charge in [-0.15, -0.1) is 0 Å². The second-order valence-electron chi connectivity index (χ2n) is 5.60. The number of carbonyl (C=O) groups is 1. The lowest BCUT2D eigenvalue weighted by Gasteiger charge is -2.14. The monoisotopic (exact) mass is 309 g/mol. The van der Waals surface area contributed by atoms with Gasteiger partial charge in [0.05, 0.1) is 22.1 Å². The molecule has 21 heavy (non-hydrogen) atoms. The Hall–Kier alpha value is -1.87. The number of aliphatic carboxylic acids is 1. The zero-order valence-electron chi connectivity index (χ0n) is 12.2. The van der Waals surface area contributed by atoms with E-state index in [1.165, 1.54) is 12.1 Å². The number of nitriles is 1. The first-order chi connectivity index (χ1) is 9.66. The van der Waals surface area contributed by atoms with Gasteiger partial charge in [0, 0.05) is 6.42 Å². The predicted molar refractivity (Wildman–Crippen MR) is 78.5 cm³/mol. The summed E-state index contributed by atoms with van der Waals surface area (Å²) >= 11 is 0. The molecule has 0 heterocycles. The number of nitrogens with zero attached hydrogens (tertiary/aromatic N) is 1. The minimum Gasteiger partial charge on any atom is -0.481 e. The molecule has 0 bridgehead atoms. The largest absolute Gasteiger partial charge is 0.481 e. The quantitative estimate of drug-likeness (QED) is 0.834. The molecule has 1 aromatic carbocycles. The van der Waals surface area contributed by atoms with Crippen LogP contribution in [0.5, 0.6) is 0 Å². The molecule has 0 atom stereocenters. The van der Waals surface area contributed by atoms with E-state index in [4.69, 9.17) is 10.4 Å². The van der Waals surface area contributed by atoms with Crippen molar-refractivity contribution in [2.24, 2.45) is 5.41 Å². The lowest BCUT2D eigenvalue weighted by Crippen LogP contribution is -2.16. The highest BCUT2D eigenvalue weighted by Gasteiger charge is 2.22. The third-order valence-electron chi connectivity index (χ3n) is 3.21. The van der Waals surface area contributed by atoms with Crippen LogP contribution in [0.15, 0.2) is 29.2 Å². The van der Waals surface area contributed by atoms with Gasteiger partial charge in [-0.1, -0.05) is 12.1 Å².